The number of sulfone groups is 1. The fraction of sp³-hybridized carbons (Fsp3) is 0.143. The lowest BCUT2D eigenvalue weighted by Gasteiger charge is -2.10. The van der Waals surface area contributed by atoms with Crippen LogP contribution in [-0.4, -0.2) is 14.7 Å². The van der Waals surface area contributed by atoms with Gasteiger partial charge in [0.05, 0.1) is 4.90 Å². The maximum Gasteiger partial charge on any atom is 0.176 e. The molecule has 0 N–H and O–H groups in total. The fourth-order valence-electron chi connectivity index (χ4n) is 1.89. The van der Waals surface area contributed by atoms with Gasteiger partial charge >= 0.3 is 0 Å². The SMILES string of the molecule is Cc1ccccc1-c1ccccc1S(C)(=O)=O. The Morgan fingerprint density at radius 3 is 1.94 bits per heavy atom. The largest absolute Gasteiger partial charge is 0.224 e. The molecule has 2 nitrogen and oxygen atoms in total. The van der Waals surface area contributed by atoms with Crippen LogP contribution in [0.3, 0.4) is 0 Å². The van der Waals surface area contributed by atoms with E-state index in [1.54, 1.807) is 12.1 Å². The van der Waals surface area contributed by atoms with E-state index in [0.717, 1.165) is 16.7 Å². The number of hydrogen-bond acceptors (Lipinski definition) is 2. The van der Waals surface area contributed by atoms with Gasteiger partial charge in [0.15, 0.2) is 9.84 Å². The van der Waals surface area contributed by atoms with Gasteiger partial charge in [-0.15, -0.1) is 0 Å². The lowest BCUT2D eigenvalue weighted by molar-refractivity contribution is 0.602. The van der Waals surface area contributed by atoms with E-state index in [4.69, 9.17) is 0 Å². The van der Waals surface area contributed by atoms with Crippen molar-refractivity contribution >= 4 is 9.84 Å². The minimum absolute atomic E-state index is 0.384. The Labute approximate surface area is 102 Å². The summed E-state index contributed by atoms with van der Waals surface area (Å²) in [5, 5.41) is 0. The number of hydrogen-bond donors (Lipinski definition) is 0. The molecule has 17 heavy (non-hydrogen) atoms. The van der Waals surface area contributed by atoms with Crippen LogP contribution in [-0.2, 0) is 9.84 Å². The summed E-state index contributed by atoms with van der Waals surface area (Å²) in [6, 6.07) is 14.9. The Kier molecular flexibility index (Phi) is 3.03. The van der Waals surface area contributed by atoms with Crippen LogP contribution in [0.25, 0.3) is 11.1 Å². The van der Waals surface area contributed by atoms with E-state index < -0.39 is 9.84 Å². The molecule has 2 aromatic carbocycles. The normalized spacial score (nSPS) is 11.4. The van der Waals surface area contributed by atoms with Gasteiger partial charge in [-0.2, -0.15) is 0 Å². The van der Waals surface area contributed by atoms with E-state index in [1.165, 1.54) is 6.26 Å². The quantitative estimate of drug-likeness (QED) is 0.816. The van der Waals surface area contributed by atoms with E-state index in [-0.39, 0.29) is 0 Å². The minimum atomic E-state index is -3.20. The summed E-state index contributed by atoms with van der Waals surface area (Å²) >= 11 is 0. The second kappa shape index (κ2) is 4.34. The lowest BCUT2D eigenvalue weighted by Crippen LogP contribution is -2.00. The molecule has 0 saturated heterocycles. The third kappa shape index (κ3) is 2.39. The van der Waals surface area contributed by atoms with Crippen molar-refractivity contribution in [2.24, 2.45) is 0 Å². The molecule has 0 atom stereocenters. The zero-order valence-corrected chi connectivity index (χ0v) is 10.7. The molecule has 0 radical (unpaired) electrons. The van der Waals surface area contributed by atoms with E-state index in [1.807, 2.05) is 43.3 Å². The van der Waals surface area contributed by atoms with E-state index in [9.17, 15) is 8.42 Å². The van der Waals surface area contributed by atoms with Crippen molar-refractivity contribution in [3.05, 3.63) is 54.1 Å². The molecule has 0 aliphatic heterocycles. The predicted octanol–water partition coefficient (Wildman–Crippen LogP) is 3.07. The maximum absolute atomic E-state index is 11.7. The molecule has 0 amide bonds. The molecule has 88 valence electrons. The van der Waals surface area contributed by atoms with Crippen LogP contribution < -0.4 is 0 Å². The third-order valence-electron chi connectivity index (χ3n) is 2.72. The zero-order chi connectivity index (χ0) is 12.5. The summed E-state index contributed by atoms with van der Waals surface area (Å²) < 4.78 is 23.5. The van der Waals surface area contributed by atoms with Gasteiger partial charge in [-0.25, -0.2) is 8.42 Å². The highest BCUT2D eigenvalue weighted by Crippen LogP contribution is 2.29. The van der Waals surface area contributed by atoms with Gasteiger partial charge in [-0.1, -0.05) is 42.5 Å². The molecule has 0 fully saturated rings. The molecule has 0 aliphatic carbocycles. The summed E-state index contributed by atoms with van der Waals surface area (Å²) in [5.74, 6) is 0. The van der Waals surface area contributed by atoms with Crippen LogP contribution in [0.5, 0.6) is 0 Å². The molecular formula is C14H14O2S. The Morgan fingerprint density at radius 1 is 0.824 bits per heavy atom. The Bertz CT molecular complexity index is 643. The predicted molar refractivity (Wildman–Crippen MR) is 69.7 cm³/mol. The van der Waals surface area contributed by atoms with Crippen molar-refractivity contribution in [2.75, 3.05) is 6.26 Å². The average Bonchev–Trinajstić information content (AvgIpc) is 2.28. The highest BCUT2D eigenvalue weighted by molar-refractivity contribution is 7.90. The van der Waals surface area contributed by atoms with Crippen LogP contribution in [0, 0.1) is 6.92 Å². The smallest absolute Gasteiger partial charge is 0.176 e. The molecule has 0 aromatic heterocycles. The molecule has 3 heteroatoms. The van der Waals surface area contributed by atoms with Gasteiger partial charge in [0, 0.05) is 11.8 Å². The average molecular weight is 246 g/mol. The first-order chi connectivity index (χ1) is 8.00. The second-order valence-electron chi connectivity index (χ2n) is 4.08. The molecule has 0 bridgehead atoms. The Hall–Kier alpha value is -1.61. The van der Waals surface area contributed by atoms with Crippen molar-refractivity contribution in [1.82, 2.24) is 0 Å². The van der Waals surface area contributed by atoms with Crippen LogP contribution in [0.2, 0.25) is 0 Å². The van der Waals surface area contributed by atoms with Crippen molar-refractivity contribution in [3.63, 3.8) is 0 Å². The first kappa shape index (κ1) is 11.9. The van der Waals surface area contributed by atoms with Gasteiger partial charge in [-0.3, -0.25) is 0 Å². The molecule has 0 heterocycles. The minimum Gasteiger partial charge on any atom is -0.224 e. The summed E-state index contributed by atoms with van der Waals surface area (Å²) in [6.07, 6.45) is 1.24. The van der Waals surface area contributed by atoms with E-state index >= 15 is 0 Å². The van der Waals surface area contributed by atoms with Crippen LogP contribution >= 0.6 is 0 Å². The van der Waals surface area contributed by atoms with Crippen molar-refractivity contribution in [1.29, 1.82) is 0 Å². The van der Waals surface area contributed by atoms with Crippen molar-refractivity contribution in [3.8, 4) is 11.1 Å². The van der Waals surface area contributed by atoms with Crippen LogP contribution in [0.1, 0.15) is 5.56 Å². The van der Waals surface area contributed by atoms with Gasteiger partial charge in [-0.05, 0) is 24.1 Å². The van der Waals surface area contributed by atoms with Gasteiger partial charge in [0.25, 0.3) is 0 Å². The van der Waals surface area contributed by atoms with Crippen molar-refractivity contribution < 1.29 is 8.42 Å². The third-order valence-corrected chi connectivity index (χ3v) is 3.88. The first-order valence-corrected chi connectivity index (χ1v) is 7.24. The monoisotopic (exact) mass is 246 g/mol. The van der Waals surface area contributed by atoms with Crippen molar-refractivity contribution in [2.45, 2.75) is 11.8 Å². The first-order valence-electron chi connectivity index (χ1n) is 5.35. The lowest BCUT2D eigenvalue weighted by atomic mass is 10.0. The number of rotatable bonds is 2. The van der Waals surface area contributed by atoms with Gasteiger partial charge < -0.3 is 0 Å². The summed E-state index contributed by atoms with van der Waals surface area (Å²) in [6.45, 7) is 1.98. The number of benzene rings is 2. The summed E-state index contributed by atoms with van der Waals surface area (Å²) in [7, 11) is -3.20. The summed E-state index contributed by atoms with van der Waals surface area (Å²) in [4.78, 5) is 0.384. The summed E-state index contributed by atoms with van der Waals surface area (Å²) in [5.41, 5.74) is 2.81. The van der Waals surface area contributed by atoms with Gasteiger partial charge in [0.1, 0.15) is 0 Å². The highest BCUT2D eigenvalue weighted by atomic mass is 32.2. The molecule has 0 unspecified atom stereocenters. The van der Waals surface area contributed by atoms with E-state index in [2.05, 4.69) is 0 Å². The molecule has 2 rings (SSSR count). The molecule has 0 spiro atoms. The molecule has 0 aliphatic rings. The second-order valence-corrected chi connectivity index (χ2v) is 6.07. The Balaban J connectivity index is 2.74. The fourth-order valence-corrected chi connectivity index (χ4v) is 2.79. The maximum atomic E-state index is 11.7. The standard InChI is InChI=1S/C14H14O2S/c1-11-7-3-4-8-12(11)13-9-5-6-10-14(13)17(2,15)16/h3-10H,1-2H3. The zero-order valence-electron chi connectivity index (χ0n) is 9.84. The van der Waals surface area contributed by atoms with E-state index in [0.29, 0.717) is 4.90 Å². The number of aryl methyl sites for hydroxylation is 1. The highest BCUT2D eigenvalue weighted by Gasteiger charge is 2.14. The van der Waals surface area contributed by atoms with Crippen LogP contribution in [0.4, 0.5) is 0 Å². The topological polar surface area (TPSA) is 34.1 Å². The van der Waals surface area contributed by atoms with Gasteiger partial charge in [0.2, 0.25) is 0 Å². The Morgan fingerprint density at radius 2 is 1.35 bits per heavy atom. The molecule has 0 saturated carbocycles. The molecule has 2 aromatic rings. The van der Waals surface area contributed by atoms with Crippen LogP contribution in [0.15, 0.2) is 53.4 Å². The molecular weight excluding hydrogens is 232 g/mol.